The Balaban J connectivity index is 2.07. The van der Waals surface area contributed by atoms with E-state index in [1.54, 1.807) is 6.07 Å². The molecule has 0 atom stereocenters. The maximum Gasteiger partial charge on any atom is 0.220 e. The number of amides is 1. The van der Waals surface area contributed by atoms with Crippen molar-refractivity contribution < 1.29 is 9.53 Å². The number of halogens is 1. The molecule has 1 aromatic rings. The summed E-state index contributed by atoms with van der Waals surface area (Å²) in [4.78, 5) is 11.5. The van der Waals surface area contributed by atoms with E-state index in [2.05, 4.69) is 5.32 Å². The van der Waals surface area contributed by atoms with E-state index in [4.69, 9.17) is 22.1 Å². The molecule has 0 unspecified atom stereocenters. The highest BCUT2D eigenvalue weighted by atomic mass is 35.5. The lowest BCUT2D eigenvalue weighted by atomic mass is 10.3. The molecular weight excluding hydrogens is 264 g/mol. The molecule has 0 aromatic heterocycles. The zero-order valence-electron chi connectivity index (χ0n) is 11.0. The van der Waals surface area contributed by atoms with E-state index in [-0.39, 0.29) is 5.91 Å². The van der Waals surface area contributed by atoms with Gasteiger partial charge in [-0.05, 0) is 37.9 Å². The summed E-state index contributed by atoms with van der Waals surface area (Å²) in [6.07, 6.45) is 3.01. The second kappa shape index (κ2) is 9.64. The molecule has 0 fully saturated rings. The number of carbonyl (C=O) groups excluding carboxylic acids is 1. The summed E-state index contributed by atoms with van der Waals surface area (Å²) in [7, 11) is 0. The van der Waals surface area contributed by atoms with Crippen molar-refractivity contribution in [1.29, 1.82) is 0 Å². The van der Waals surface area contributed by atoms with E-state index in [1.807, 2.05) is 18.2 Å². The molecule has 0 aliphatic carbocycles. The monoisotopic (exact) mass is 284 g/mol. The van der Waals surface area contributed by atoms with Gasteiger partial charge in [-0.3, -0.25) is 4.79 Å². The van der Waals surface area contributed by atoms with Crippen LogP contribution in [0.4, 0.5) is 0 Å². The van der Waals surface area contributed by atoms with Crippen LogP contribution < -0.4 is 15.8 Å². The average Bonchev–Trinajstić information content (AvgIpc) is 2.41. The first kappa shape index (κ1) is 15.8. The second-order valence-electron chi connectivity index (χ2n) is 4.23. The lowest BCUT2D eigenvalue weighted by Gasteiger charge is -2.08. The van der Waals surface area contributed by atoms with Gasteiger partial charge in [-0.2, -0.15) is 0 Å². The predicted octanol–water partition coefficient (Wildman–Crippen LogP) is 2.35. The van der Waals surface area contributed by atoms with E-state index in [9.17, 15) is 4.79 Å². The predicted molar refractivity (Wildman–Crippen MR) is 77.5 cm³/mol. The van der Waals surface area contributed by atoms with Crippen molar-refractivity contribution in [2.45, 2.75) is 25.7 Å². The summed E-state index contributed by atoms with van der Waals surface area (Å²) in [5, 5.41) is 3.44. The topological polar surface area (TPSA) is 64.3 Å². The molecule has 1 rings (SSSR count). The number of unbranched alkanes of at least 4 members (excludes halogenated alkanes) is 1. The summed E-state index contributed by atoms with van der Waals surface area (Å²) in [6.45, 7) is 1.85. The van der Waals surface area contributed by atoms with Crippen molar-refractivity contribution in [3.63, 3.8) is 0 Å². The summed E-state index contributed by atoms with van der Waals surface area (Å²) >= 11 is 5.95. The molecule has 19 heavy (non-hydrogen) atoms. The summed E-state index contributed by atoms with van der Waals surface area (Å²) in [6, 6.07) is 7.31. The fourth-order valence-corrected chi connectivity index (χ4v) is 1.75. The molecule has 0 aliphatic heterocycles. The largest absolute Gasteiger partial charge is 0.492 e. The van der Waals surface area contributed by atoms with E-state index in [0.717, 1.165) is 12.8 Å². The maximum absolute atomic E-state index is 11.5. The van der Waals surface area contributed by atoms with Crippen LogP contribution in [0.15, 0.2) is 24.3 Å². The molecule has 3 N–H and O–H groups in total. The normalized spacial score (nSPS) is 10.2. The summed E-state index contributed by atoms with van der Waals surface area (Å²) in [5.41, 5.74) is 5.37. The number of hydrogen-bond donors (Lipinski definition) is 2. The lowest BCUT2D eigenvalue weighted by molar-refractivity contribution is -0.121. The van der Waals surface area contributed by atoms with Gasteiger partial charge in [0.1, 0.15) is 5.75 Å². The molecule has 0 aliphatic rings. The highest BCUT2D eigenvalue weighted by molar-refractivity contribution is 6.32. The molecule has 0 spiro atoms. The molecule has 0 saturated carbocycles. The van der Waals surface area contributed by atoms with Crippen molar-refractivity contribution in [2.75, 3.05) is 19.7 Å². The number of carbonyl (C=O) groups is 1. The summed E-state index contributed by atoms with van der Waals surface area (Å²) in [5.74, 6) is 0.715. The molecule has 0 bridgehead atoms. The molecule has 0 radical (unpaired) electrons. The van der Waals surface area contributed by atoms with Crippen LogP contribution >= 0.6 is 11.6 Å². The van der Waals surface area contributed by atoms with Crippen molar-refractivity contribution in [3.05, 3.63) is 29.3 Å². The fraction of sp³-hybridized carbons (Fsp3) is 0.500. The van der Waals surface area contributed by atoms with Crippen molar-refractivity contribution in [1.82, 2.24) is 5.32 Å². The van der Waals surface area contributed by atoms with Gasteiger partial charge in [-0.1, -0.05) is 23.7 Å². The third-order valence-corrected chi connectivity index (χ3v) is 2.91. The van der Waals surface area contributed by atoms with Gasteiger partial charge in [-0.15, -0.1) is 0 Å². The lowest BCUT2D eigenvalue weighted by Crippen LogP contribution is -2.25. The minimum atomic E-state index is 0.0554. The Hall–Kier alpha value is -1.26. The van der Waals surface area contributed by atoms with Gasteiger partial charge >= 0.3 is 0 Å². The van der Waals surface area contributed by atoms with Crippen LogP contribution in [-0.2, 0) is 4.79 Å². The minimum Gasteiger partial charge on any atom is -0.492 e. The molecular formula is C14H21ClN2O2. The molecule has 1 aromatic carbocycles. The van der Waals surface area contributed by atoms with Gasteiger partial charge in [0, 0.05) is 13.0 Å². The van der Waals surface area contributed by atoms with E-state index < -0.39 is 0 Å². The number of para-hydroxylation sites is 1. The number of rotatable bonds is 9. The standard InChI is InChI=1S/C14H21ClN2O2/c15-12-6-1-2-7-13(12)19-11-5-8-14(18)17-10-4-3-9-16/h1-2,6-7H,3-5,8-11,16H2,(H,17,18). The Labute approximate surface area is 119 Å². The SMILES string of the molecule is NCCCCNC(=O)CCCOc1ccccc1Cl. The number of hydrogen-bond acceptors (Lipinski definition) is 3. The summed E-state index contributed by atoms with van der Waals surface area (Å²) < 4.78 is 5.50. The van der Waals surface area contributed by atoms with E-state index in [1.165, 1.54) is 0 Å². The Bertz CT molecular complexity index is 385. The Kier molecular flexibility index (Phi) is 8.02. The Morgan fingerprint density at radius 1 is 1.26 bits per heavy atom. The van der Waals surface area contributed by atoms with Gasteiger partial charge in [0.25, 0.3) is 0 Å². The average molecular weight is 285 g/mol. The van der Waals surface area contributed by atoms with Crippen LogP contribution in [-0.4, -0.2) is 25.6 Å². The quantitative estimate of drug-likeness (QED) is 0.684. The van der Waals surface area contributed by atoms with Crippen LogP contribution in [0, 0.1) is 0 Å². The molecule has 0 saturated heterocycles. The maximum atomic E-state index is 11.5. The molecule has 106 valence electrons. The van der Waals surface area contributed by atoms with Crippen molar-refractivity contribution >= 4 is 17.5 Å². The number of nitrogens with two attached hydrogens (primary N) is 1. The van der Waals surface area contributed by atoms with Gasteiger partial charge in [-0.25, -0.2) is 0 Å². The highest BCUT2D eigenvalue weighted by Crippen LogP contribution is 2.23. The molecule has 5 heteroatoms. The zero-order valence-corrected chi connectivity index (χ0v) is 11.8. The van der Waals surface area contributed by atoms with Crippen LogP contribution in [0.3, 0.4) is 0 Å². The van der Waals surface area contributed by atoms with E-state index in [0.29, 0.717) is 43.3 Å². The van der Waals surface area contributed by atoms with Crippen LogP contribution in [0.1, 0.15) is 25.7 Å². The molecule has 1 amide bonds. The highest BCUT2D eigenvalue weighted by Gasteiger charge is 2.02. The minimum absolute atomic E-state index is 0.0554. The van der Waals surface area contributed by atoms with Gasteiger partial charge < -0.3 is 15.8 Å². The van der Waals surface area contributed by atoms with Gasteiger partial charge in [0.15, 0.2) is 0 Å². The molecule has 0 heterocycles. The Morgan fingerprint density at radius 3 is 2.79 bits per heavy atom. The first-order chi connectivity index (χ1) is 9.24. The Morgan fingerprint density at radius 2 is 2.05 bits per heavy atom. The first-order valence-electron chi connectivity index (χ1n) is 6.58. The van der Waals surface area contributed by atoms with Gasteiger partial charge in [0.05, 0.1) is 11.6 Å². The van der Waals surface area contributed by atoms with E-state index >= 15 is 0 Å². The molecule has 4 nitrogen and oxygen atoms in total. The third kappa shape index (κ3) is 7.03. The zero-order chi connectivity index (χ0) is 13.9. The van der Waals surface area contributed by atoms with Crippen molar-refractivity contribution in [2.24, 2.45) is 5.73 Å². The first-order valence-corrected chi connectivity index (χ1v) is 6.96. The third-order valence-electron chi connectivity index (χ3n) is 2.60. The number of benzene rings is 1. The second-order valence-corrected chi connectivity index (χ2v) is 4.64. The number of ether oxygens (including phenoxy) is 1. The smallest absolute Gasteiger partial charge is 0.220 e. The van der Waals surface area contributed by atoms with Crippen LogP contribution in [0.2, 0.25) is 5.02 Å². The van der Waals surface area contributed by atoms with Crippen LogP contribution in [0.25, 0.3) is 0 Å². The van der Waals surface area contributed by atoms with Gasteiger partial charge in [0.2, 0.25) is 5.91 Å². The van der Waals surface area contributed by atoms with Crippen molar-refractivity contribution in [3.8, 4) is 5.75 Å². The fourth-order valence-electron chi connectivity index (χ4n) is 1.56. The number of nitrogens with one attached hydrogen (secondary N) is 1. The van der Waals surface area contributed by atoms with Crippen LogP contribution in [0.5, 0.6) is 5.75 Å².